The van der Waals surface area contributed by atoms with Gasteiger partial charge in [0.25, 0.3) is 10.0 Å². The maximum Gasteiger partial charge on any atom is 0.262 e. The van der Waals surface area contributed by atoms with E-state index in [0.29, 0.717) is 5.02 Å². The van der Waals surface area contributed by atoms with Crippen molar-refractivity contribution in [2.24, 2.45) is 0 Å². The van der Waals surface area contributed by atoms with Crippen LogP contribution in [-0.4, -0.2) is 13.5 Å². The molecule has 0 saturated carbocycles. The molecule has 2 aromatic carbocycles. The zero-order valence-electron chi connectivity index (χ0n) is 10.5. The molecule has 0 saturated heterocycles. The number of benzene rings is 2. The molecular weight excluding hydrogens is 340 g/mol. The molecule has 0 aromatic heterocycles. The van der Waals surface area contributed by atoms with Crippen molar-refractivity contribution >= 4 is 38.9 Å². The van der Waals surface area contributed by atoms with Gasteiger partial charge in [0, 0.05) is 16.3 Å². The second-order valence-corrected chi connectivity index (χ2v) is 6.65. The Kier molecular flexibility index (Phi) is 4.73. The number of sulfonamides is 1. The van der Waals surface area contributed by atoms with Gasteiger partial charge in [-0.05, 0) is 36.4 Å². The summed E-state index contributed by atoms with van der Waals surface area (Å²) in [5, 5.41) is 9.23. The Labute approximate surface area is 131 Å². The molecule has 0 aliphatic rings. The zero-order valence-corrected chi connectivity index (χ0v) is 12.8. The van der Waals surface area contributed by atoms with Gasteiger partial charge in [-0.2, -0.15) is 0 Å². The molecule has 8 heteroatoms. The summed E-state index contributed by atoms with van der Waals surface area (Å²) in [6, 6.07) is 7.88. The molecule has 2 rings (SSSR count). The van der Waals surface area contributed by atoms with E-state index in [4.69, 9.17) is 28.3 Å². The molecule has 0 atom stereocenters. The number of rotatable bonds is 4. The Bertz CT molecular complexity index is 764. The Morgan fingerprint density at radius 2 is 1.76 bits per heavy atom. The summed E-state index contributed by atoms with van der Waals surface area (Å²) < 4.78 is 40.2. The fourth-order valence-electron chi connectivity index (χ4n) is 1.62. The molecule has 4 nitrogen and oxygen atoms in total. The molecule has 0 heterocycles. The van der Waals surface area contributed by atoms with Crippen LogP contribution in [-0.2, 0) is 16.6 Å². The zero-order chi connectivity index (χ0) is 15.6. The van der Waals surface area contributed by atoms with Crippen molar-refractivity contribution in [2.75, 3.05) is 4.72 Å². The van der Waals surface area contributed by atoms with Crippen molar-refractivity contribution in [2.45, 2.75) is 11.5 Å². The van der Waals surface area contributed by atoms with E-state index in [-0.39, 0.29) is 21.2 Å². The van der Waals surface area contributed by atoms with Gasteiger partial charge in [0.05, 0.1) is 16.5 Å². The van der Waals surface area contributed by atoms with Gasteiger partial charge in [-0.1, -0.05) is 23.2 Å². The fraction of sp³-hybridized carbons (Fsp3) is 0.0769. The summed E-state index contributed by atoms with van der Waals surface area (Å²) in [6.45, 7) is -0.569. The predicted octanol–water partition coefficient (Wildman–Crippen LogP) is 3.43. The molecule has 0 spiro atoms. The summed E-state index contributed by atoms with van der Waals surface area (Å²) in [6.07, 6.45) is 0. The van der Waals surface area contributed by atoms with Gasteiger partial charge in [-0.15, -0.1) is 0 Å². The monoisotopic (exact) mass is 349 g/mol. The van der Waals surface area contributed by atoms with Crippen LogP contribution in [0.15, 0.2) is 41.3 Å². The first kappa shape index (κ1) is 16.0. The van der Waals surface area contributed by atoms with Gasteiger partial charge < -0.3 is 5.11 Å². The van der Waals surface area contributed by atoms with Crippen LogP contribution in [0, 0.1) is 5.82 Å². The highest BCUT2D eigenvalue weighted by Crippen LogP contribution is 2.26. The van der Waals surface area contributed by atoms with Crippen LogP contribution < -0.4 is 4.72 Å². The Balaban J connectivity index is 2.40. The minimum absolute atomic E-state index is 0.00634. The number of halogens is 3. The molecule has 2 N–H and O–H groups in total. The van der Waals surface area contributed by atoms with Crippen LogP contribution in [0.1, 0.15) is 5.56 Å². The van der Waals surface area contributed by atoms with Gasteiger partial charge in [0.1, 0.15) is 5.82 Å². The minimum Gasteiger partial charge on any atom is -0.392 e. The quantitative estimate of drug-likeness (QED) is 0.888. The molecule has 0 unspecified atom stereocenters. The molecule has 0 aliphatic carbocycles. The van der Waals surface area contributed by atoms with E-state index in [1.165, 1.54) is 24.3 Å². The third-order valence-electron chi connectivity index (χ3n) is 2.65. The van der Waals surface area contributed by atoms with Crippen molar-refractivity contribution in [3.05, 3.63) is 57.8 Å². The highest BCUT2D eigenvalue weighted by Gasteiger charge is 2.19. The average molecular weight is 350 g/mol. The molecule has 2 aromatic rings. The minimum atomic E-state index is -4.00. The number of aliphatic hydroxyl groups is 1. The van der Waals surface area contributed by atoms with E-state index in [0.717, 1.165) is 12.1 Å². The van der Waals surface area contributed by atoms with Crippen LogP contribution in [0.25, 0.3) is 0 Å². The smallest absolute Gasteiger partial charge is 0.262 e. The van der Waals surface area contributed by atoms with Crippen LogP contribution in [0.5, 0.6) is 0 Å². The topological polar surface area (TPSA) is 66.4 Å². The lowest BCUT2D eigenvalue weighted by Gasteiger charge is -2.10. The summed E-state index contributed by atoms with van der Waals surface area (Å²) >= 11 is 11.3. The van der Waals surface area contributed by atoms with E-state index >= 15 is 0 Å². The molecule has 0 amide bonds. The Morgan fingerprint density at radius 1 is 1.14 bits per heavy atom. The van der Waals surface area contributed by atoms with Crippen molar-refractivity contribution in [3.8, 4) is 0 Å². The van der Waals surface area contributed by atoms with Crippen molar-refractivity contribution in [1.82, 2.24) is 0 Å². The highest BCUT2D eigenvalue weighted by molar-refractivity contribution is 7.92. The van der Waals surface area contributed by atoms with Crippen LogP contribution in [0.3, 0.4) is 0 Å². The van der Waals surface area contributed by atoms with Crippen molar-refractivity contribution in [3.63, 3.8) is 0 Å². The van der Waals surface area contributed by atoms with E-state index in [9.17, 15) is 12.8 Å². The lowest BCUT2D eigenvalue weighted by atomic mass is 10.2. The number of hydrogen-bond acceptors (Lipinski definition) is 3. The number of hydrogen-bond donors (Lipinski definition) is 2. The highest BCUT2D eigenvalue weighted by atomic mass is 35.5. The molecule has 0 fully saturated rings. The Hall–Kier alpha value is -1.34. The standard InChI is InChI=1S/C13H10Cl2FNO3S/c14-9-1-3-10(4-2-9)17-21(19,20)11-5-8(7-18)13(15)12(16)6-11/h1-6,17-18H,7H2. The molecule has 21 heavy (non-hydrogen) atoms. The second kappa shape index (κ2) is 6.19. The van der Waals surface area contributed by atoms with Gasteiger partial charge in [0.15, 0.2) is 0 Å². The molecule has 0 aliphatic heterocycles. The molecular formula is C13H10Cl2FNO3S. The number of nitrogens with one attached hydrogen (secondary N) is 1. The van der Waals surface area contributed by atoms with E-state index < -0.39 is 22.4 Å². The predicted molar refractivity (Wildman–Crippen MR) is 79.6 cm³/mol. The lowest BCUT2D eigenvalue weighted by Crippen LogP contribution is -2.13. The molecule has 0 bridgehead atoms. The summed E-state index contributed by atoms with van der Waals surface area (Å²) in [7, 11) is -4.00. The summed E-state index contributed by atoms with van der Waals surface area (Å²) in [5.74, 6) is -0.917. The SMILES string of the molecule is O=S(=O)(Nc1ccc(Cl)cc1)c1cc(F)c(Cl)c(CO)c1. The van der Waals surface area contributed by atoms with Crippen LogP contribution in [0.2, 0.25) is 10.0 Å². The first-order chi connectivity index (χ1) is 9.83. The van der Waals surface area contributed by atoms with Gasteiger partial charge >= 0.3 is 0 Å². The largest absolute Gasteiger partial charge is 0.392 e. The molecule has 0 radical (unpaired) electrons. The van der Waals surface area contributed by atoms with Crippen LogP contribution >= 0.6 is 23.2 Å². The maximum atomic E-state index is 13.6. The van der Waals surface area contributed by atoms with Crippen molar-refractivity contribution < 1.29 is 17.9 Å². The molecule has 112 valence electrons. The normalized spacial score (nSPS) is 11.4. The van der Waals surface area contributed by atoms with E-state index in [1.807, 2.05) is 0 Å². The summed E-state index contributed by atoms with van der Waals surface area (Å²) in [5.41, 5.74) is 0.272. The van der Waals surface area contributed by atoms with Gasteiger partial charge in [-0.25, -0.2) is 12.8 Å². The van der Waals surface area contributed by atoms with E-state index in [1.54, 1.807) is 0 Å². The third-order valence-corrected chi connectivity index (χ3v) is 4.69. The third kappa shape index (κ3) is 3.65. The lowest BCUT2D eigenvalue weighted by molar-refractivity contribution is 0.281. The fourth-order valence-corrected chi connectivity index (χ4v) is 3.04. The van der Waals surface area contributed by atoms with Crippen molar-refractivity contribution in [1.29, 1.82) is 0 Å². The second-order valence-electron chi connectivity index (χ2n) is 4.15. The number of anilines is 1. The maximum absolute atomic E-state index is 13.6. The average Bonchev–Trinajstić information content (AvgIpc) is 2.44. The van der Waals surface area contributed by atoms with Gasteiger partial charge in [-0.3, -0.25) is 4.72 Å². The number of aliphatic hydroxyl groups excluding tert-OH is 1. The van der Waals surface area contributed by atoms with E-state index in [2.05, 4.69) is 4.72 Å². The van der Waals surface area contributed by atoms with Crippen LogP contribution in [0.4, 0.5) is 10.1 Å². The summed E-state index contributed by atoms with van der Waals surface area (Å²) in [4.78, 5) is -0.330. The first-order valence-corrected chi connectivity index (χ1v) is 7.94. The van der Waals surface area contributed by atoms with Gasteiger partial charge in [0.2, 0.25) is 0 Å². The first-order valence-electron chi connectivity index (χ1n) is 5.70. The Morgan fingerprint density at radius 3 is 2.33 bits per heavy atom.